The topological polar surface area (TPSA) is 50.4 Å². The van der Waals surface area contributed by atoms with Gasteiger partial charge in [0.1, 0.15) is 5.84 Å². The summed E-state index contributed by atoms with van der Waals surface area (Å²) in [5, 5.41) is 0. The summed E-state index contributed by atoms with van der Waals surface area (Å²) >= 11 is 0. The molecule has 0 unspecified atom stereocenters. The van der Waals surface area contributed by atoms with E-state index in [4.69, 9.17) is 5.84 Å². The molecule has 0 spiro atoms. The molecule has 0 aliphatic heterocycles. The van der Waals surface area contributed by atoms with Gasteiger partial charge in [0.15, 0.2) is 0 Å². The third-order valence-electron chi connectivity index (χ3n) is 0.626. The molecule has 0 bridgehead atoms. The summed E-state index contributed by atoms with van der Waals surface area (Å²) < 4.78 is 0. The zero-order valence-corrected chi connectivity index (χ0v) is 7.18. The maximum atomic E-state index is 5.00. The van der Waals surface area contributed by atoms with E-state index in [2.05, 4.69) is 10.4 Å². The Labute approximate surface area is 63.0 Å². The molecule has 3 N–H and O–H groups in total. The molecule has 0 heterocycles. The van der Waals surface area contributed by atoms with E-state index in [1.54, 1.807) is 13.1 Å². The summed E-state index contributed by atoms with van der Waals surface area (Å²) in [7, 11) is 0. The van der Waals surface area contributed by atoms with Gasteiger partial charge in [-0.05, 0) is 13.8 Å². The van der Waals surface area contributed by atoms with Gasteiger partial charge < -0.3 is 5.43 Å². The summed E-state index contributed by atoms with van der Waals surface area (Å²) in [6, 6.07) is 0. The Bertz CT molecular complexity index is 105. The number of hydrogen-bond acceptors (Lipinski definition) is 2. The Hall–Kier alpha value is -0.830. The first-order valence-corrected chi connectivity index (χ1v) is 3.43. The quantitative estimate of drug-likeness (QED) is 0.252. The van der Waals surface area contributed by atoms with Crippen molar-refractivity contribution in [3.63, 3.8) is 0 Å². The van der Waals surface area contributed by atoms with Crippen molar-refractivity contribution in [2.75, 3.05) is 0 Å². The van der Waals surface area contributed by atoms with Crippen molar-refractivity contribution < 1.29 is 0 Å². The highest BCUT2D eigenvalue weighted by atomic mass is 15.2. The van der Waals surface area contributed by atoms with Crippen molar-refractivity contribution in [1.82, 2.24) is 5.43 Å². The SMILES string of the molecule is C/C=C\N=C(C)NN.CC. The van der Waals surface area contributed by atoms with Gasteiger partial charge in [-0.25, -0.2) is 10.8 Å². The third-order valence-corrected chi connectivity index (χ3v) is 0.626. The van der Waals surface area contributed by atoms with Crippen LogP contribution < -0.4 is 11.3 Å². The molecule has 0 aromatic rings. The Morgan fingerprint density at radius 3 is 2.30 bits per heavy atom. The average molecular weight is 143 g/mol. The Kier molecular flexibility index (Phi) is 13.1. The maximum absolute atomic E-state index is 5.00. The summed E-state index contributed by atoms with van der Waals surface area (Å²) in [5.41, 5.74) is 2.40. The number of nitrogens with one attached hydrogen (secondary N) is 1. The van der Waals surface area contributed by atoms with Gasteiger partial charge in [-0.15, -0.1) is 0 Å². The van der Waals surface area contributed by atoms with Crippen LogP contribution in [0.25, 0.3) is 0 Å². The zero-order valence-electron chi connectivity index (χ0n) is 7.18. The molecule has 0 atom stereocenters. The van der Waals surface area contributed by atoms with Crippen LogP contribution in [-0.4, -0.2) is 5.84 Å². The lowest BCUT2D eigenvalue weighted by molar-refractivity contribution is 1.01. The lowest BCUT2D eigenvalue weighted by Crippen LogP contribution is -2.27. The predicted molar refractivity (Wildman–Crippen MR) is 46.6 cm³/mol. The minimum atomic E-state index is 0.711. The minimum absolute atomic E-state index is 0.711. The third kappa shape index (κ3) is 10.2. The molecule has 0 amide bonds. The van der Waals surface area contributed by atoms with Crippen molar-refractivity contribution >= 4 is 5.84 Å². The van der Waals surface area contributed by atoms with Crippen LogP contribution in [-0.2, 0) is 0 Å². The van der Waals surface area contributed by atoms with Crippen molar-refractivity contribution in [1.29, 1.82) is 0 Å². The largest absolute Gasteiger partial charge is 0.312 e. The number of allylic oxidation sites excluding steroid dienone is 1. The number of nitrogens with two attached hydrogens (primary N) is 1. The fraction of sp³-hybridized carbons (Fsp3) is 0.571. The van der Waals surface area contributed by atoms with E-state index in [0.717, 1.165) is 0 Å². The second-order valence-corrected chi connectivity index (χ2v) is 1.34. The first kappa shape index (κ1) is 11.9. The molecule has 0 aliphatic rings. The molecule has 0 aromatic carbocycles. The van der Waals surface area contributed by atoms with Gasteiger partial charge in [0.05, 0.1) is 0 Å². The first-order valence-electron chi connectivity index (χ1n) is 3.43. The summed E-state index contributed by atoms with van der Waals surface area (Å²) in [6.45, 7) is 7.69. The number of hydrazine groups is 1. The van der Waals surface area contributed by atoms with Crippen LogP contribution in [0.4, 0.5) is 0 Å². The molecule has 0 aliphatic carbocycles. The molecule has 0 rings (SSSR count). The van der Waals surface area contributed by atoms with Crippen LogP contribution in [0, 0.1) is 0 Å². The van der Waals surface area contributed by atoms with Gasteiger partial charge in [0, 0.05) is 6.20 Å². The average Bonchev–Trinajstić information content (AvgIpc) is 2.04. The van der Waals surface area contributed by atoms with E-state index in [9.17, 15) is 0 Å². The molecule has 60 valence electrons. The highest BCUT2D eigenvalue weighted by Crippen LogP contribution is 1.73. The van der Waals surface area contributed by atoms with E-state index in [1.807, 2.05) is 26.8 Å². The van der Waals surface area contributed by atoms with Gasteiger partial charge in [0.25, 0.3) is 0 Å². The van der Waals surface area contributed by atoms with Crippen molar-refractivity contribution in [2.24, 2.45) is 10.8 Å². The molecule has 0 radical (unpaired) electrons. The minimum Gasteiger partial charge on any atom is -0.312 e. The Balaban J connectivity index is 0. The number of aliphatic imine (C=N–C) groups is 1. The fourth-order valence-electron chi connectivity index (χ4n) is 0.224. The molecule has 0 fully saturated rings. The molecule has 3 heteroatoms. The van der Waals surface area contributed by atoms with Crippen LogP contribution in [0.1, 0.15) is 27.7 Å². The van der Waals surface area contributed by atoms with Crippen LogP contribution in [0.15, 0.2) is 17.3 Å². The highest BCUT2D eigenvalue weighted by Gasteiger charge is 1.74. The zero-order chi connectivity index (χ0) is 8.41. The number of nitrogens with zero attached hydrogens (tertiary/aromatic N) is 1. The molecule has 0 saturated carbocycles. The van der Waals surface area contributed by atoms with E-state index in [0.29, 0.717) is 5.84 Å². The van der Waals surface area contributed by atoms with Crippen LogP contribution in [0.5, 0.6) is 0 Å². The molecule has 3 nitrogen and oxygen atoms in total. The van der Waals surface area contributed by atoms with Crippen LogP contribution in [0.3, 0.4) is 0 Å². The van der Waals surface area contributed by atoms with Gasteiger partial charge >= 0.3 is 0 Å². The molecule has 10 heavy (non-hydrogen) atoms. The van der Waals surface area contributed by atoms with Gasteiger partial charge in [-0.1, -0.05) is 19.9 Å². The second-order valence-electron chi connectivity index (χ2n) is 1.34. The molecular formula is C7H17N3. The second kappa shape index (κ2) is 11.0. The molecular weight excluding hydrogens is 126 g/mol. The van der Waals surface area contributed by atoms with Gasteiger partial charge in [-0.2, -0.15) is 0 Å². The Morgan fingerprint density at radius 2 is 2.00 bits per heavy atom. The van der Waals surface area contributed by atoms with Crippen molar-refractivity contribution in [3.05, 3.63) is 12.3 Å². The van der Waals surface area contributed by atoms with Crippen LogP contribution >= 0.6 is 0 Å². The predicted octanol–water partition coefficient (Wildman–Crippen LogP) is 1.43. The Morgan fingerprint density at radius 1 is 1.50 bits per heavy atom. The van der Waals surface area contributed by atoms with Gasteiger partial charge in [0.2, 0.25) is 0 Å². The summed E-state index contributed by atoms with van der Waals surface area (Å²) in [4.78, 5) is 3.86. The molecule has 0 aromatic heterocycles. The normalized spacial score (nSPS) is 10.7. The monoisotopic (exact) mass is 143 g/mol. The van der Waals surface area contributed by atoms with Gasteiger partial charge in [-0.3, -0.25) is 0 Å². The molecule has 0 saturated heterocycles. The smallest absolute Gasteiger partial charge is 0.112 e. The van der Waals surface area contributed by atoms with Crippen LogP contribution in [0.2, 0.25) is 0 Å². The van der Waals surface area contributed by atoms with E-state index >= 15 is 0 Å². The maximum Gasteiger partial charge on any atom is 0.112 e. The lowest BCUT2D eigenvalue weighted by Gasteiger charge is -1.91. The van der Waals surface area contributed by atoms with Crippen molar-refractivity contribution in [2.45, 2.75) is 27.7 Å². The van der Waals surface area contributed by atoms with Crippen molar-refractivity contribution in [3.8, 4) is 0 Å². The lowest BCUT2D eigenvalue weighted by atomic mass is 10.6. The van der Waals surface area contributed by atoms with E-state index < -0.39 is 0 Å². The summed E-state index contributed by atoms with van der Waals surface area (Å²) in [5.74, 6) is 5.71. The van der Waals surface area contributed by atoms with E-state index in [1.165, 1.54) is 0 Å². The fourth-order valence-corrected chi connectivity index (χ4v) is 0.224. The number of hydrogen-bond donors (Lipinski definition) is 2. The number of amidine groups is 1. The first-order chi connectivity index (χ1) is 4.81. The summed E-state index contributed by atoms with van der Waals surface area (Å²) in [6.07, 6.45) is 3.51. The van der Waals surface area contributed by atoms with E-state index in [-0.39, 0.29) is 0 Å². The standard InChI is InChI=1S/C5H11N3.C2H6/c1-3-4-7-5(2)8-6;1-2/h3-4H,6H2,1-2H3,(H,7,8);1-2H3/b4-3-;. The highest BCUT2D eigenvalue weighted by molar-refractivity contribution is 5.79. The number of rotatable bonds is 1.